The first-order chi connectivity index (χ1) is 13.2. The van der Waals surface area contributed by atoms with Gasteiger partial charge in [0, 0.05) is 17.8 Å². The highest BCUT2D eigenvalue weighted by molar-refractivity contribution is 5.79. The van der Waals surface area contributed by atoms with E-state index >= 15 is 0 Å². The van der Waals surface area contributed by atoms with Crippen molar-refractivity contribution in [1.29, 1.82) is 0 Å². The molecule has 4 rings (SSSR count). The molecule has 0 saturated heterocycles. The van der Waals surface area contributed by atoms with Crippen LogP contribution in [0.1, 0.15) is 5.56 Å². The number of hydrazine groups is 1. The van der Waals surface area contributed by atoms with Crippen molar-refractivity contribution in [3.05, 3.63) is 72.8 Å². The summed E-state index contributed by atoms with van der Waals surface area (Å²) in [5.74, 6) is 7.59. The lowest BCUT2D eigenvalue weighted by molar-refractivity contribution is 0.458. The Kier molecular flexibility index (Phi) is 4.46. The second-order valence-electron chi connectivity index (χ2n) is 5.87. The van der Waals surface area contributed by atoms with Gasteiger partial charge in [0.2, 0.25) is 5.88 Å². The molecule has 0 aliphatic heterocycles. The summed E-state index contributed by atoms with van der Waals surface area (Å²) >= 11 is 0. The molecular formula is C19H17N7O. The summed E-state index contributed by atoms with van der Waals surface area (Å²) in [7, 11) is 0. The number of ether oxygens (including phenoxy) is 1. The summed E-state index contributed by atoms with van der Waals surface area (Å²) in [5, 5.41) is 2.48. The third kappa shape index (κ3) is 3.75. The number of anilines is 2. The van der Waals surface area contributed by atoms with Gasteiger partial charge in [0.05, 0.1) is 24.5 Å². The van der Waals surface area contributed by atoms with Gasteiger partial charge in [-0.2, -0.15) is 4.98 Å². The molecule has 4 aromatic rings. The maximum atomic E-state index is 6.20. The van der Waals surface area contributed by atoms with Crippen molar-refractivity contribution in [3.8, 4) is 11.6 Å². The number of rotatable bonds is 5. The summed E-state index contributed by atoms with van der Waals surface area (Å²) in [6, 6.07) is 13.4. The summed E-state index contributed by atoms with van der Waals surface area (Å²) < 4.78 is 5.65. The quantitative estimate of drug-likeness (QED) is 0.413. The maximum absolute atomic E-state index is 6.20. The highest BCUT2D eigenvalue weighted by atomic mass is 16.5. The van der Waals surface area contributed by atoms with E-state index in [0.717, 1.165) is 16.5 Å². The summed E-state index contributed by atoms with van der Waals surface area (Å²) in [6.45, 7) is 0.403. The number of pyridine rings is 2. The zero-order chi connectivity index (χ0) is 18.6. The van der Waals surface area contributed by atoms with Crippen LogP contribution in [-0.4, -0.2) is 19.9 Å². The maximum Gasteiger partial charge on any atom is 0.240 e. The van der Waals surface area contributed by atoms with E-state index in [4.69, 9.17) is 16.3 Å². The Bertz CT molecular complexity index is 1070. The Hall–Kier alpha value is -3.78. The highest BCUT2D eigenvalue weighted by Crippen LogP contribution is 2.24. The fourth-order valence-corrected chi connectivity index (χ4v) is 2.66. The second kappa shape index (κ2) is 7.22. The Morgan fingerprint density at radius 2 is 1.89 bits per heavy atom. The van der Waals surface area contributed by atoms with Crippen LogP contribution in [-0.2, 0) is 6.54 Å². The highest BCUT2D eigenvalue weighted by Gasteiger charge is 2.13. The number of hydrogen-bond acceptors (Lipinski definition) is 8. The van der Waals surface area contributed by atoms with E-state index in [0.29, 0.717) is 18.1 Å². The van der Waals surface area contributed by atoms with E-state index in [1.165, 1.54) is 11.2 Å². The van der Waals surface area contributed by atoms with Crippen LogP contribution >= 0.6 is 0 Å². The molecule has 0 amide bonds. The van der Waals surface area contributed by atoms with E-state index in [2.05, 4.69) is 19.9 Å². The number of nitrogens with zero attached hydrogens (tertiary/aromatic N) is 5. The van der Waals surface area contributed by atoms with Crippen LogP contribution in [0.25, 0.3) is 10.9 Å². The van der Waals surface area contributed by atoms with Crippen LogP contribution < -0.4 is 21.3 Å². The standard InChI is InChI=1S/C19H17N7O/c20-18-19(25-17(11-24-18)27-15-4-2-7-22-10-15)26(21)12-13-5-6-16-14(9-13)3-1-8-23-16/h1-11H,12,21H2,(H2,20,24). The molecule has 4 N–H and O–H groups in total. The number of nitrogen functional groups attached to an aromatic ring is 1. The van der Waals surface area contributed by atoms with Crippen molar-refractivity contribution < 1.29 is 4.74 Å². The van der Waals surface area contributed by atoms with E-state index in [1.54, 1.807) is 30.7 Å². The van der Waals surface area contributed by atoms with E-state index in [-0.39, 0.29) is 11.7 Å². The first-order valence-electron chi connectivity index (χ1n) is 8.25. The first-order valence-corrected chi connectivity index (χ1v) is 8.25. The molecule has 0 atom stereocenters. The Morgan fingerprint density at radius 1 is 1.00 bits per heavy atom. The van der Waals surface area contributed by atoms with Crippen LogP contribution in [0, 0.1) is 0 Å². The van der Waals surface area contributed by atoms with Crippen LogP contribution in [0.2, 0.25) is 0 Å². The molecule has 3 aromatic heterocycles. The molecule has 0 saturated carbocycles. The van der Waals surface area contributed by atoms with Gasteiger partial charge in [-0.15, -0.1) is 0 Å². The van der Waals surface area contributed by atoms with Crippen molar-refractivity contribution in [2.45, 2.75) is 6.54 Å². The van der Waals surface area contributed by atoms with Crippen LogP contribution in [0.3, 0.4) is 0 Å². The smallest absolute Gasteiger partial charge is 0.240 e. The van der Waals surface area contributed by atoms with Gasteiger partial charge in [-0.25, -0.2) is 10.8 Å². The average molecular weight is 359 g/mol. The number of hydrogen-bond donors (Lipinski definition) is 2. The van der Waals surface area contributed by atoms with Crippen LogP contribution in [0.15, 0.2) is 67.3 Å². The zero-order valence-corrected chi connectivity index (χ0v) is 14.4. The van der Waals surface area contributed by atoms with Gasteiger partial charge < -0.3 is 10.5 Å². The van der Waals surface area contributed by atoms with E-state index < -0.39 is 0 Å². The van der Waals surface area contributed by atoms with Crippen LogP contribution in [0.5, 0.6) is 11.6 Å². The molecule has 0 spiro atoms. The van der Waals surface area contributed by atoms with E-state index in [1.807, 2.05) is 30.3 Å². The van der Waals surface area contributed by atoms with Gasteiger partial charge in [0.1, 0.15) is 5.75 Å². The van der Waals surface area contributed by atoms with Gasteiger partial charge in [-0.3, -0.25) is 15.0 Å². The molecule has 1 aromatic carbocycles. The van der Waals surface area contributed by atoms with Crippen molar-refractivity contribution in [2.24, 2.45) is 5.84 Å². The molecular weight excluding hydrogens is 342 g/mol. The number of aromatic nitrogens is 4. The lowest BCUT2D eigenvalue weighted by Gasteiger charge is -2.19. The minimum atomic E-state index is 0.221. The third-order valence-corrected chi connectivity index (χ3v) is 3.91. The molecule has 0 unspecified atom stereocenters. The Morgan fingerprint density at radius 3 is 2.74 bits per heavy atom. The van der Waals surface area contributed by atoms with Crippen molar-refractivity contribution in [2.75, 3.05) is 10.7 Å². The molecule has 0 bridgehead atoms. The molecule has 3 heterocycles. The number of nitrogens with two attached hydrogens (primary N) is 2. The van der Waals surface area contributed by atoms with E-state index in [9.17, 15) is 0 Å². The second-order valence-corrected chi connectivity index (χ2v) is 5.87. The normalized spacial score (nSPS) is 10.7. The minimum Gasteiger partial charge on any atom is -0.436 e. The Labute approximate surface area is 155 Å². The fraction of sp³-hybridized carbons (Fsp3) is 0.0526. The fourth-order valence-electron chi connectivity index (χ4n) is 2.66. The monoisotopic (exact) mass is 359 g/mol. The zero-order valence-electron chi connectivity index (χ0n) is 14.4. The van der Waals surface area contributed by atoms with Gasteiger partial charge in [0.15, 0.2) is 11.6 Å². The first kappa shape index (κ1) is 16.7. The molecule has 0 fully saturated rings. The number of benzene rings is 1. The van der Waals surface area contributed by atoms with Crippen molar-refractivity contribution >= 4 is 22.5 Å². The molecule has 27 heavy (non-hydrogen) atoms. The van der Waals surface area contributed by atoms with Gasteiger partial charge in [0.25, 0.3) is 0 Å². The summed E-state index contributed by atoms with van der Waals surface area (Å²) in [5.41, 5.74) is 7.88. The topological polar surface area (TPSA) is 116 Å². The molecule has 8 heteroatoms. The van der Waals surface area contributed by atoms with Crippen molar-refractivity contribution in [1.82, 2.24) is 19.9 Å². The Balaban J connectivity index is 1.56. The minimum absolute atomic E-state index is 0.221. The SMILES string of the molecule is Nc1ncc(Oc2cccnc2)nc1N(N)Cc1ccc2ncccc2c1. The van der Waals surface area contributed by atoms with Crippen molar-refractivity contribution in [3.63, 3.8) is 0 Å². The molecule has 0 radical (unpaired) electrons. The molecule has 0 aliphatic carbocycles. The lowest BCUT2D eigenvalue weighted by atomic mass is 10.1. The summed E-state index contributed by atoms with van der Waals surface area (Å²) in [6.07, 6.45) is 6.46. The third-order valence-electron chi connectivity index (χ3n) is 3.91. The van der Waals surface area contributed by atoms with Crippen LogP contribution in [0.4, 0.5) is 11.6 Å². The average Bonchev–Trinajstić information content (AvgIpc) is 2.70. The lowest BCUT2D eigenvalue weighted by Crippen LogP contribution is -2.32. The van der Waals surface area contributed by atoms with Gasteiger partial charge in [-0.1, -0.05) is 12.1 Å². The molecule has 0 aliphatic rings. The largest absolute Gasteiger partial charge is 0.436 e. The number of fused-ring (bicyclic) bond motifs is 1. The van der Waals surface area contributed by atoms with Gasteiger partial charge in [-0.05, 0) is 35.9 Å². The molecule has 134 valence electrons. The summed E-state index contributed by atoms with van der Waals surface area (Å²) in [4.78, 5) is 16.8. The predicted molar refractivity (Wildman–Crippen MR) is 103 cm³/mol. The molecule has 8 nitrogen and oxygen atoms in total. The van der Waals surface area contributed by atoms with Gasteiger partial charge >= 0.3 is 0 Å². The predicted octanol–water partition coefficient (Wildman–Crippen LogP) is 2.67.